The minimum absolute atomic E-state index is 0.113. The Labute approximate surface area is 120 Å². The number of hydrogen-bond acceptors (Lipinski definition) is 3. The van der Waals surface area contributed by atoms with Crippen LogP contribution in [0.15, 0.2) is 30.5 Å². The highest BCUT2D eigenvalue weighted by Crippen LogP contribution is 2.21. The molecule has 1 saturated heterocycles. The molecule has 1 N–H and O–H groups in total. The van der Waals surface area contributed by atoms with Crippen molar-refractivity contribution in [1.82, 2.24) is 14.4 Å². The van der Waals surface area contributed by atoms with E-state index in [4.69, 9.17) is 0 Å². The van der Waals surface area contributed by atoms with Crippen molar-refractivity contribution in [2.24, 2.45) is 0 Å². The van der Waals surface area contributed by atoms with Crippen molar-refractivity contribution in [2.75, 3.05) is 39.8 Å². The van der Waals surface area contributed by atoms with Gasteiger partial charge in [-0.05, 0) is 13.1 Å². The van der Waals surface area contributed by atoms with Gasteiger partial charge in [0.25, 0.3) is 0 Å². The van der Waals surface area contributed by atoms with Crippen LogP contribution >= 0.6 is 0 Å². The van der Waals surface area contributed by atoms with Crippen LogP contribution in [0.3, 0.4) is 0 Å². The summed E-state index contributed by atoms with van der Waals surface area (Å²) in [6, 6.07) is 8.33. The maximum absolute atomic E-state index is 9.47. The lowest BCUT2D eigenvalue weighted by atomic mass is 10.2. The van der Waals surface area contributed by atoms with E-state index in [0.29, 0.717) is 0 Å². The molecular weight excluding hydrogens is 250 g/mol. The van der Waals surface area contributed by atoms with E-state index in [9.17, 15) is 5.11 Å². The molecule has 4 heteroatoms. The van der Waals surface area contributed by atoms with Crippen LogP contribution in [-0.4, -0.2) is 59.2 Å². The molecule has 4 nitrogen and oxygen atoms in total. The van der Waals surface area contributed by atoms with Crippen LogP contribution in [-0.2, 0) is 13.2 Å². The highest BCUT2D eigenvalue weighted by molar-refractivity contribution is 5.83. The number of rotatable bonds is 4. The Morgan fingerprint density at radius 3 is 2.55 bits per heavy atom. The van der Waals surface area contributed by atoms with Gasteiger partial charge in [-0.2, -0.15) is 0 Å². The summed E-state index contributed by atoms with van der Waals surface area (Å²) in [4.78, 5) is 4.90. The molecule has 0 amide bonds. The Morgan fingerprint density at radius 2 is 1.80 bits per heavy atom. The zero-order chi connectivity index (χ0) is 13.9. The minimum atomic E-state index is 0.113. The Kier molecular flexibility index (Phi) is 4.05. The van der Waals surface area contributed by atoms with E-state index in [-0.39, 0.29) is 6.61 Å². The molecule has 1 aliphatic rings. The van der Waals surface area contributed by atoms with Crippen molar-refractivity contribution in [2.45, 2.75) is 13.2 Å². The standard InChI is InChI=1S/C16H23N3O/c1-17-6-8-18(9-7-17)10-11-19-12-14(13-20)15-4-2-3-5-16(15)19/h2-5,12,20H,6-11,13H2,1H3. The summed E-state index contributed by atoms with van der Waals surface area (Å²) >= 11 is 0. The Balaban J connectivity index is 1.71. The van der Waals surface area contributed by atoms with Gasteiger partial charge in [-0.1, -0.05) is 18.2 Å². The number of aromatic nitrogens is 1. The molecule has 1 fully saturated rings. The number of hydrogen-bond donors (Lipinski definition) is 1. The molecule has 0 unspecified atom stereocenters. The van der Waals surface area contributed by atoms with Crippen molar-refractivity contribution in [1.29, 1.82) is 0 Å². The first-order valence-electron chi connectivity index (χ1n) is 7.36. The van der Waals surface area contributed by atoms with Crippen molar-refractivity contribution >= 4 is 10.9 Å². The second-order valence-electron chi connectivity index (χ2n) is 5.67. The van der Waals surface area contributed by atoms with E-state index in [2.05, 4.69) is 45.8 Å². The van der Waals surface area contributed by atoms with E-state index >= 15 is 0 Å². The normalized spacial score (nSPS) is 17.9. The number of para-hydroxylation sites is 1. The maximum atomic E-state index is 9.47. The summed E-state index contributed by atoms with van der Waals surface area (Å²) in [5, 5.41) is 10.6. The molecule has 0 radical (unpaired) electrons. The van der Waals surface area contributed by atoms with Gasteiger partial charge in [-0.15, -0.1) is 0 Å². The van der Waals surface area contributed by atoms with Crippen LogP contribution in [0, 0.1) is 0 Å². The lowest BCUT2D eigenvalue weighted by Gasteiger charge is -2.32. The summed E-state index contributed by atoms with van der Waals surface area (Å²) in [5.41, 5.74) is 2.25. The first kappa shape index (κ1) is 13.6. The number of aliphatic hydroxyl groups excluding tert-OH is 1. The fraction of sp³-hybridized carbons (Fsp3) is 0.500. The second kappa shape index (κ2) is 5.95. The average molecular weight is 273 g/mol. The molecule has 2 aromatic rings. The summed E-state index contributed by atoms with van der Waals surface area (Å²) < 4.78 is 2.28. The molecule has 1 aliphatic heterocycles. The Bertz CT molecular complexity index is 570. The molecule has 3 rings (SSSR count). The quantitative estimate of drug-likeness (QED) is 0.913. The number of piperazine rings is 1. The van der Waals surface area contributed by atoms with E-state index < -0.39 is 0 Å². The van der Waals surface area contributed by atoms with Gasteiger partial charge in [0, 0.05) is 61.9 Å². The van der Waals surface area contributed by atoms with Crippen LogP contribution in [0.25, 0.3) is 10.9 Å². The van der Waals surface area contributed by atoms with Crippen LogP contribution in [0.4, 0.5) is 0 Å². The van der Waals surface area contributed by atoms with Gasteiger partial charge in [0.2, 0.25) is 0 Å². The van der Waals surface area contributed by atoms with E-state index in [0.717, 1.165) is 44.8 Å². The van der Waals surface area contributed by atoms with Gasteiger partial charge in [0.15, 0.2) is 0 Å². The number of fused-ring (bicyclic) bond motifs is 1. The van der Waals surface area contributed by atoms with Gasteiger partial charge in [-0.25, -0.2) is 0 Å². The number of likely N-dealkylation sites (N-methyl/N-ethyl adjacent to an activating group) is 1. The molecule has 108 valence electrons. The average Bonchev–Trinajstić information content (AvgIpc) is 2.85. The fourth-order valence-corrected chi connectivity index (χ4v) is 2.95. The van der Waals surface area contributed by atoms with Gasteiger partial charge in [0.1, 0.15) is 0 Å². The molecule has 0 atom stereocenters. The largest absolute Gasteiger partial charge is 0.392 e. The molecule has 1 aromatic heterocycles. The van der Waals surface area contributed by atoms with Gasteiger partial charge in [0.05, 0.1) is 6.61 Å². The number of benzene rings is 1. The number of aliphatic hydroxyl groups is 1. The number of nitrogens with zero attached hydrogens (tertiary/aromatic N) is 3. The van der Waals surface area contributed by atoms with Crippen molar-refractivity contribution in [3.8, 4) is 0 Å². The molecular formula is C16H23N3O. The predicted molar refractivity (Wildman–Crippen MR) is 81.8 cm³/mol. The van der Waals surface area contributed by atoms with Crippen molar-refractivity contribution in [3.05, 3.63) is 36.0 Å². The zero-order valence-corrected chi connectivity index (χ0v) is 12.1. The van der Waals surface area contributed by atoms with Crippen molar-refractivity contribution in [3.63, 3.8) is 0 Å². The van der Waals surface area contributed by atoms with Gasteiger partial charge < -0.3 is 14.6 Å². The minimum Gasteiger partial charge on any atom is -0.392 e. The maximum Gasteiger partial charge on any atom is 0.0702 e. The van der Waals surface area contributed by atoms with Gasteiger partial charge in [-0.3, -0.25) is 4.90 Å². The fourth-order valence-electron chi connectivity index (χ4n) is 2.95. The predicted octanol–water partition coefficient (Wildman–Crippen LogP) is 1.38. The summed E-state index contributed by atoms with van der Waals surface area (Å²) in [5.74, 6) is 0. The van der Waals surface area contributed by atoms with E-state index in [1.807, 2.05) is 6.07 Å². The topological polar surface area (TPSA) is 31.6 Å². The third-order valence-electron chi connectivity index (χ3n) is 4.29. The molecule has 2 heterocycles. The third-order valence-corrected chi connectivity index (χ3v) is 4.29. The lowest BCUT2D eigenvalue weighted by molar-refractivity contribution is 0.150. The van der Waals surface area contributed by atoms with Crippen LogP contribution in [0.1, 0.15) is 5.56 Å². The van der Waals surface area contributed by atoms with Crippen LogP contribution in [0.5, 0.6) is 0 Å². The van der Waals surface area contributed by atoms with Gasteiger partial charge >= 0.3 is 0 Å². The zero-order valence-electron chi connectivity index (χ0n) is 12.1. The summed E-state index contributed by atoms with van der Waals surface area (Å²) in [7, 11) is 2.18. The second-order valence-corrected chi connectivity index (χ2v) is 5.67. The summed E-state index contributed by atoms with van der Waals surface area (Å²) in [6.45, 7) is 6.82. The van der Waals surface area contributed by atoms with E-state index in [1.54, 1.807) is 0 Å². The lowest BCUT2D eigenvalue weighted by Crippen LogP contribution is -2.45. The third kappa shape index (κ3) is 2.73. The van der Waals surface area contributed by atoms with Crippen molar-refractivity contribution < 1.29 is 5.11 Å². The molecule has 20 heavy (non-hydrogen) atoms. The Morgan fingerprint density at radius 1 is 1.05 bits per heavy atom. The smallest absolute Gasteiger partial charge is 0.0702 e. The molecule has 0 saturated carbocycles. The highest BCUT2D eigenvalue weighted by atomic mass is 16.3. The van der Waals surface area contributed by atoms with Crippen LogP contribution in [0.2, 0.25) is 0 Å². The summed E-state index contributed by atoms with van der Waals surface area (Å²) in [6.07, 6.45) is 2.10. The van der Waals surface area contributed by atoms with E-state index in [1.165, 1.54) is 10.9 Å². The SMILES string of the molecule is CN1CCN(CCn2cc(CO)c3ccccc32)CC1. The monoisotopic (exact) mass is 273 g/mol. The molecule has 0 spiro atoms. The Hall–Kier alpha value is -1.36. The molecule has 1 aromatic carbocycles. The van der Waals surface area contributed by atoms with Crippen LogP contribution < -0.4 is 0 Å². The molecule has 0 bridgehead atoms. The first-order chi connectivity index (χ1) is 9.78. The first-order valence-corrected chi connectivity index (χ1v) is 7.36. The highest BCUT2D eigenvalue weighted by Gasteiger charge is 2.14. The molecule has 0 aliphatic carbocycles.